The summed E-state index contributed by atoms with van der Waals surface area (Å²) < 4.78 is 16.4. The third kappa shape index (κ3) is 4.28. The van der Waals surface area contributed by atoms with E-state index in [1.165, 1.54) is 6.92 Å². The molecule has 2 aromatic rings. The van der Waals surface area contributed by atoms with Gasteiger partial charge in [-0.05, 0) is 51.8 Å². The average Bonchev–Trinajstić information content (AvgIpc) is 2.98. The van der Waals surface area contributed by atoms with Crippen molar-refractivity contribution in [1.82, 2.24) is 5.32 Å². The monoisotopic (exact) mass is 386 g/mol. The first-order valence-electron chi connectivity index (χ1n) is 9.23. The Morgan fingerprint density at radius 3 is 2.57 bits per heavy atom. The number of carbonyl (C=O) groups is 2. The quantitative estimate of drug-likeness (QED) is 0.727. The predicted octanol–water partition coefficient (Wildman–Crippen LogP) is 3.74. The Morgan fingerprint density at radius 2 is 2.00 bits per heavy atom. The zero-order valence-corrected chi connectivity index (χ0v) is 17.1. The zero-order valence-electron chi connectivity index (χ0n) is 17.1. The molecule has 7 nitrogen and oxygen atoms in total. The molecule has 2 rings (SSSR count). The highest BCUT2D eigenvalue weighted by Crippen LogP contribution is 2.29. The van der Waals surface area contributed by atoms with Crippen LogP contribution in [0.3, 0.4) is 0 Å². The molecular weight excluding hydrogens is 360 g/mol. The number of hydrogen-bond acceptors (Lipinski definition) is 6. The van der Waals surface area contributed by atoms with Crippen molar-refractivity contribution in [1.29, 1.82) is 5.26 Å². The van der Waals surface area contributed by atoms with Crippen molar-refractivity contribution < 1.29 is 23.5 Å². The van der Waals surface area contributed by atoms with Gasteiger partial charge in [-0.15, -0.1) is 0 Å². The summed E-state index contributed by atoms with van der Waals surface area (Å²) in [5.41, 5.74) is 0.0861. The van der Waals surface area contributed by atoms with Crippen LogP contribution in [-0.2, 0) is 9.53 Å². The molecular formula is C21H26N2O5. The number of amides is 1. The molecule has 1 aromatic heterocycles. The summed E-state index contributed by atoms with van der Waals surface area (Å²) in [6, 6.07) is 7.37. The Balaban J connectivity index is 2.17. The van der Waals surface area contributed by atoms with Gasteiger partial charge in [0.2, 0.25) is 5.76 Å². The lowest BCUT2D eigenvalue weighted by Crippen LogP contribution is -2.52. The maximum absolute atomic E-state index is 12.5. The summed E-state index contributed by atoms with van der Waals surface area (Å²) in [4.78, 5) is 24.9. The van der Waals surface area contributed by atoms with Crippen molar-refractivity contribution in [2.24, 2.45) is 5.92 Å². The van der Waals surface area contributed by atoms with Crippen LogP contribution in [0.15, 0.2) is 22.6 Å². The summed E-state index contributed by atoms with van der Waals surface area (Å²) in [5, 5.41) is 12.7. The second kappa shape index (κ2) is 8.34. The molecule has 0 aliphatic rings. The number of esters is 1. The molecule has 0 saturated heterocycles. The predicted molar refractivity (Wildman–Crippen MR) is 104 cm³/mol. The van der Waals surface area contributed by atoms with Crippen LogP contribution in [0.4, 0.5) is 0 Å². The molecule has 0 unspecified atom stereocenters. The molecule has 0 fully saturated rings. The van der Waals surface area contributed by atoms with E-state index in [0.717, 1.165) is 5.39 Å². The zero-order chi connectivity index (χ0) is 21.1. The number of hydrogen-bond donors (Lipinski definition) is 1. The molecule has 0 saturated carbocycles. The molecule has 0 bridgehead atoms. The van der Waals surface area contributed by atoms with Crippen LogP contribution in [0.5, 0.6) is 5.75 Å². The van der Waals surface area contributed by atoms with E-state index in [2.05, 4.69) is 11.4 Å². The van der Waals surface area contributed by atoms with Gasteiger partial charge in [-0.1, -0.05) is 13.8 Å². The number of nitrogens with one attached hydrogen (secondary N) is 1. The van der Waals surface area contributed by atoms with Crippen molar-refractivity contribution in [3.05, 3.63) is 29.5 Å². The average molecular weight is 386 g/mol. The molecule has 2 atom stereocenters. The van der Waals surface area contributed by atoms with E-state index >= 15 is 0 Å². The van der Waals surface area contributed by atoms with E-state index in [9.17, 15) is 14.9 Å². The number of benzene rings is 1. The van der Waals surface area contributed by atoms with Crippen LogP contribution in [0, 0.1) is 24.2 Å². The third-order valence-electron chi connectivity index (χ3n) is 4.83. The van der Waals surface area contributed by atoms with Gasteiger partial charge >= 0.3 is 5.97 Å². The van der Waals surface area contributed by atoms with E-state index in [-0.39, 0.29) is 11.7 Å². The third-order valence-corrected chi connectivity index (χ3v) is 4.83. The summed E-state index contributed by atoms with van der Waals surface area (Å²) in [6.07, 6.45) is -1.08. The van der Waals surface area contributed by atoms with Gasteiger partial charge in [-0.2, -0.15) is 5.26 Å². The Bertz CT molecular complexity index is 925. The molecule has 1 N–H and O–H groups in total. The number of carbonyl (C=O) groups excluding carboxylic acids is 2. The van der Waals surface area contributed by atoms with Crippen LogP contribution >= 0.6 is 0 Å². The van der Waals surface area contributed by atoms with E-state index < -0.39 is 23.5 Å². The first kappa shape index (κ1) is 21.3. The summed E-state index contributed by atoms with van der Waals surface area (Å²) in [5.74, 6) is -0.677. The fourth-order valence-corrected chi connectivity index (χ4v) is 2.58. The smallest absolute Gasteiger partial charge is 0.375 e. The van der Waals surface area contributed by atoms with Crippen LogP contribution in [0.25, 0.3) is 11.0 Å². The van der Waals surface area contributed by atoms with Gasteiger partial charge in [0.1, 0.15) is 16.9 Å². The van der Waals surface area contributed by atoms with Crippen LogP contribution in [0.1, 0.15) is 50.7 Å². The highest BCUT2D eigenvalue weighted by Gasteiger charge is 2.33. The number of furan rings is 1. The fraction of sp³-hybridized carbons (Fsp3) is 0.476. The molecule has 150 valence electrons. The number of nitriles is 1. The van der Waals surface area contributed by atoms with Crippen LogP contribution in [-0.4, -0.2) is 30.1 Å². The molecule has 0 aliphatic carbocycles. The molecule has 0 aliphatic heterocycles. The van der Waals surface area contributed by atoms with Gasteiger partial charge < -0.3 is 19.2 Å². The summed E-state index contributed by atoms with van der Waals surface area (Å²) in [7, 11) is 0. The Hall–Kier alpha value is -3.01. The van der Waals surface area contributed by atoms with Gasteiger partial charge in [-0.25, -0.2) is 4.79 Å². The standard InChI is InChI=1S/C21H26N2O5/c1-7-26-15-8-9-17-16(10-15)13(4)18(28-17)20(25)27-14(5)19(24)23-21(6,11-22)12(2)3/h8-10,12,14H,7H2,1-6H3,(H,23,24)/t14-,21+/m0/s1. The van der Waals surface area contributed by atoms with Gasteiger partial charge in [0.15, 0.2) is 6.10 Å². The minimum Gasteiger partial charge on any atom is -0.494 e. The molecule has 7 heteroatoms. The Morgan fingerprint density at radius 1 is 1.32 bits per heavy atom. The van der Waals surface area contributed by atoms with Crippen LogP contribution in [0.2, 0.25) is 0 Å². The number of ether oxygens (including phenoxy) is 2. The number of aryl methyl sites for hydroxylation is 1. The van der Waals surface area contributed by atoms with Crippen molar-refractivity contribution in [3.63, 3.8) is 0 Å². The minimum atomic E-state index is -1.08. The minimum absolute atomic E-state index is 0.0372. The summed E-state index contributed by atoms with van der Waals surface area (Å²) in [6.45, 7) is 10.9. The SMILES string of the molecule is CCOc1ccc2oc(C(=O)O[C@@H](C)C(=O)N[C@](C)(C#N)C(C)C)c(C)c2c1. The van der Waals surface area contributed by atoms with Crippen molar-refractivity contribution in [2.45, 2.75) is 53.2 Å². The van der Waals surface area contributed by atoms with E-state index in [0.29, 0.717) is 23.5 Å². The topological polar surface area (TPSA) is 102 Å². The Kier molecular flexibility index (Phi) is 6.34. The van der Waals surface area contributed by atoms with Gasteiger partial charge in [0, 0.05) is 10.9 Å². The first-order chi connectivity index (χ1) is 13.1. The number of fused-ring (bicyclic) bond motifs is 1. The van der Waals surface area contributed by atoms with Gasteiger partial charge in [0.25, 0.3) is 5.91 Å². The molecule has 0 radical (unpaired) electrons. The maximum Gasteiger partial charge on any atom is 0.375 e. The van der Waals surface area contributed by atoms with E-state index in [1.807, 2.05) is 20.8 Å². The highest BCUT2D eigenvalue weighted by atomic mass is 16.6. The van der Waals surface area contributed by atoms with E-state index in [1.54, 1.807) is 32.0 Å². The van der Waals surface area contributed by atoms with E-state index in [4.69, 9.17) is 13.9 Å². The normalized spacial score (nSPS) is 14.2. The number of nitrogens with zero attached hydrogens (tertiary/aromatic N) is 1. The largest absolute Gasteiger partial charge is 0.494 e. The molecule has 1 amide bonds. The molecule has 28 heavy (non-hydrogen) atoms. The molecule has 1 aromatic carbocycles. The molecule has 0 spiro atoms. The van der Waals surface area contributed by atoms with Crippen LogP contribution < -0.4 is 10.1 Å². The van der Waals surface area contributed by atoms with Crippen molar-refractivity contribution in [3.8, 4) is 11.8 Å². The first-order valence-corrected chi connectivity index (χ1v) is 9.23. The Labute approximate surface area is 164 Å². The summed E-state index contributed by atoms with van der Waals surface area (Å²) >= 11 is 0. The number of rotatable bonds is 7. The van der Waals surface area contributed by atoms with Crippen molar-refractivity contribution in [2.75, 3.05) is 6.61 Å². The lowest BCUT2D eigenvalue weighted by atomic mass is 9.90. The fourth-order valence-electron chi connectivity index (χ4n) is 2.58. The van der Waals surface area contributed by atoms with Crippen molar-refractivity contribution >= 4 is 22.8 Å². The maximum atomic E-state index is 12.5. The van der Waals surface area contributed by atoms with Gasteiger partial charge in [0.05, 0.1) is 12.7 Å². The lowest BCUT2D eigenvalue weighted by molar-refractivity contribution is -0.130. The second-order valence-corrected chi connectivity index (χ2v) is 7.15. The highest BCUT2D eigenvalue weighted by molar-refractivity contribution is 5.97. The lowest BCUT2D eigenvalue weighted by Gasteiger charge is -2.28. The second-order valence-electron chi connectivity index (χ2n) is 7.15. The van der Waals surface area contributed by atoms with Gasteiger partial charge in [-0.3, -0.25) is 4.79 Å². The molecule has 1 heterocycles.